The Hall–Kier alpha value is -2.93. The van der Waals surface area contributed by atoms with Crippen molar-refractivity contribution in [2.24, 2.45) is 5.92 Å². The molecule has 1 atom stereocenters. The molecule has 0 bridgehead atoms. The molecular weight excluding hydrogens is 366 g/mol. The van der Waals surface area contributed by atoms with Crippen molar-refractivity contribution in [3.05, 3.63) is 60.4 Å². The number of anilines is 1. The average Bonchev–Trinajstić information content (AvgIpc) is 2.73. The topological polar surface area (TPSA) is 77.6 Å². The fourth-order valence-electron chi connectivity index (χ4n) is 3.39. The van der Waals surface area contributed by atoms with Gasteiger partial charge in [0.2, 0.25) is 5.91 Å². The maximum atomic E-state index is 13.0. The van der Waals surface area contributed by atoms with Crippen LogP contribution in [-0.4, -0.2) is 58.9 Å². The molecule has 0 radical (unpaired) electrons. The van der Waals surface area contributed by atoms with Gasteiger partial charge in [-0.3, -0.25) is 14.7 Å². The number of hydrogen-bond acceptors (Lipinski definition) is 4. The van der Waals surface area contributed by atoms with Crippen molar-refractivity contribution in [1.82, 2.24) is 20.1 Å². The van der Waals surface area contributed by atoms with E-state index in [4.69, 9.17) is 0 Å². The van der Waals surface area contributed by atoms with E-state index in [0.717, 1.165) is 25.3 Å². The third-order valence-corrected chi connectivity index (χ3v) is 5.05. The molecule has 1 unspecified atom stereocenters. The van der Waals surface area contributed by atoms with Crippen LogP contribution in [-0.2, 0) is 11.3 Å². The minimum absolute atomic E-state index is 0.00410. The minimum Gasteiger partial charge on any atom is -0.338 e. The van der Waals surface area contributed by atoms with Gasteiger partial charge in [0, 0.05) is 44.6 Å². The molecule has 3 rings (SSSR count). The molecule has 1 aliphatic rings. The van der Waals surface area contributed by atoms with Crippen LogP contribution in [0.25, 0.3) is 0 Å². The van der Waals surface area contributed by atoms with Crippen LogP contribution in [0.3, 0.4) is 0 Å². The summed E-state index contributed by atoms with van der Waals surface area (Å²) in [4.78, 5) is 33.9. The van der Waals surface area contributed by atoms with Crippen molar-refractivity contribution < 1.29 is 9.59 Å². The zero-order valence-corrected chi connectivity index (χ0v) is 17.0. The Bertz CT molecular complexity index is 789. The highest BCUT2D eigenvalue weighted by atomic mass is 16.2. The van der Waals surface area contributed by atoms with E-state index in [1.807, 2.05) is 67.3 Å². The van der Waals surface area contributed by atoms with Crippen LogP contribution in [0.5, 0.6) is 0 Å². The quantitative estimate of drug-likeness (QED) is 0.788. The van der Waals surface area contributed by atoms with E-state index in [2.05, 4.69) is 20.5 Å². The van der Waals surface area contributed by atoms with Crippen LogP contribution in [0.1, 0.15) is 19.5 Å². The fourth-order valence-corrected chi connectivity index (χ4v) is 3.39. The molecule has 1 aliphatic heterocycles. The third-order valence-electron chi connectivity index (χ3n) is 5.05. The van der Waals surface area contributed by atoms with Gasteiger partial charge in [-0.05, 0) is 30.2 Å². The van der Waals surface area contributed by atoms with Gasteiger partial charge in [0.25, 0.3) is 0 Å². The number of benzene rings is 1. The van der Waals surface area contributed by atoms with Gasteiger partial charge in [-0.25, -0.2) is 4.79 Å². The van der Waals surface area contributed by atoms with Crippen LogP contribution in [0, 0.1) is 5.92 Å². The molecule has 7 heteroatoms. The number of carbonyl (C=O) groups is 2. The summed E-state index contributed by atoms with van der Waals surface area (Å²) in [5.74, 6) is -0.0312. The van der Waals surface area contributed by atoms with E-state index < -0.39 is 6.04 Å². The monoisotopic (exact) mass is 395 g/mol. The molecule has 154 valence electrons. The van der Waals surface area contributed by atoms with Gasteiger partial charge in [0.15, 0.2) is 0 Å². The lowest BCUT2D eigenvalue weighted by molar-refractivity contribution is -0.136. The molecule has 1 saturated heterocycles. The molecule has 7 nitrogen and oxygen atoms in total. The smallest absolute Gasteiger partial charge is 0.319 e. The van der Waals surface area contributed by atoms with E-state index in [1.54, 1.807) is 6.20 Å². The van der Waals surface area contributed by atoms with Crippen molar-refractivity contribution >= 4 is 17.6 Å². The molecular formula is C22H29N5O2. The molecule has 0 saturated carbocycles. The van der Waals surface area contributed by atoms with Crippen LogP contribution in [0.4, 0.5) is 10.5 Å². The molecule has 1 aromatic heterocycles. The molecule has 29 heavy (non-hydrogen) atoms. The summed E-state index contributed by atoms with van der Waals surface area (Å²) in [6.07, 6.45) is 1.80. The second kappa shape index (κ2) is 10.0. The zero-order valence-electron chi connectivity index (χ0n) is 17.0. The Labute approximate surface area is 172 Å². The number of pyridine rings is 1. The summed E-state index contributed by atoms with van der Waals surface area (Å²) in [5, 5.41) is 5.63. The van der Waals surface area contributed by atoms with Crippen LogP contribution < -0.4 is 10.6 Å². The number of amides is 3. The highest BCUT2D eigenvalue weighted by Gasteiger charge is 2.30. The van der Waals surface area contributed by atoms with Crippen molar-refractivity contribution in [2.75, 3.05) is 31.5 Å². The van der Waals surface area contributed by atoms with Crippen molar-refractivity contribution in [2.45, 2.75) is 26.4 Å². The maximum absolute atomic E-state index is 13.0. The Kier molecular flexibility index (Phi) is 7.19. The fraction of sp³-hybridized carbons (Fsp3) is 0.409. The average molecular weight is 396 g/mol. The second-order valence-electron chi connectivity index (χ2n) is 7.61. The lowest BCUT2D eigenvalue weighted by Gasteiger charge is -2.37. The Morgan fingerprint density at radius 1 is 1.00 bits per heavy atom. The number of nitrogens with one attached hydrogen (secondary N) is 2. The van der Waals surface area contributed by atoms with Crippen molar-refractivity contribution in [3.8, 4) is 0 Å². The summed E-state index contributed by atoms with van der Waals surface area (Å²) in [6, 6.07) is 14.2. The van der Waals surface area contributed by atoms with Gasteiger partial charge >= 0.3 is 6.03 Å². The molecule has 3 amide bonds. The molecule has 1 aromatic carbocycles. The first-order chi connectivity index (χ1) is 14.0. The van der Waals surface area contributed by atoms with Gasteiger partial charge in [-0.1, -0.05) is 38.1 Å². The van der Waals surface area contributed by atoms with E-state index >= 15 is 0 Å². The lowest BCUT2D eigenvalue weighted by atomic mass is 10.0. The highest BCUT2D eigenvalue weighted by molar-refractivity contribution is 5.93. The van der Waals surface area contributed by atoms with Crippen LogP contribution in [0.15, 0.2) is 54.7 Å². The summed E-state index contributed by atoms with van der Waals surface area (Å²) in [7, 11) is 0. The molecule has 2 aromatic rings. The van der Waals surface area contributed by atoms with Crippen LogP contribution >= 0.6 is 0 Å². The first-order valence-electron chi connectivity index (χ1n) is 10.1. The normalized spacial score (nSPS) is 15.8. The zero-order chi connectivity index (χ0) is 20.6. The molecule has 0 spiro atoms. The predicted molar refractivity (Wildman–Crippen MR) is 113 cm³/mol. The van der Waals surface area contributed by atoms with Gasteiger partial charge < -0.3 is 15.5 Å². The van der Waals surface area contributed by atoms with Crippen molar-refractivity contribution in [3.63, 3.8) is 0 Å². The summed E-state index contributed by atoms with van der Waals surface area (Å²) < 4.78 is 0. The number of nitrogens with zero attached hydrogens (tertiary/aromatic N) is 3. The Balaban J connectivity index is 1.52. The van der Waals surface area contributed by atoms with Gasteiger partial charge in [0.1, 0.15) is 6.04 Å². The standard InChI is InChI=1S/C22H29N5O2/c1-17(2)20(25-22(29)24-18-8-4-3-5-9-18)21(28)27-14-12-26(13-15-27)16-19-10-6-7-11-23-19/h3-11,17,20H,12-16H2,1-2H3,(H2,24,25,29). The second-order valence-corrected chi connectivity index (χ2v) is 7.61. The summed E-state index contributed by atoms with van der Waals surface area (Å²) in [6.45, 7) is 7.57. The molecule has 1 fully saturated rings. The molecule has 0 aliphatic carbocycles. The number of urea groups is 1. The molecule has 2 N–H and O–H groups in total. The Morgan fingerprint density at radius 2 is 1.69 bits per heavy atom. The third kappa shape index (κ3) is 6.02. The minimum atomic E-state index is -0.555. The SMILES string of the molecule is CC(C)C(NC(=O)Nc1ccccc1)C(=O)N1CCN(Cc2ccccn2)CC1. The lowest BCUT2D eigenvalue weighted by Crippen LogP contribution is -2.56. The van der Waals surface area contributed by atoms with Crippen LogP contribution in [0.2, 0.25) is 0 Å². The number of hydrogen-bond donors (Lipinski definition) is 2. The number of rotatable bonds is 6. The first-order valence-corrected chi connectivity index (χ1v) is 10.1. The van der Waals surface area contributed by atoms with E-state index in [1.165, 1.54) is 0 Å². The number of carbonyl (C=O) groups excluding carboxylic acids is 2. The van der Waals surface area contributed by atoms with Crippen molar-refractivity contribution in [1.29, 1.82) is 0 Å². The van der Waals surface area contributed by atoms with Gasteiger partial charge in [0.05, 0.1) is 5.69 Å². The maximum Gasteiger partial charge on any atom is 0.319 e. The summed E-state index contributed by atoms with van der Waals surface area (Å²) >= 11 is 0. The van der Waals surface area contributed by atoms with Gasteiger partial charge in [-0.15, -0.1) is 0 Å². The van der Waals surface area contributed by atoms with E-state index in [0.29, 0.717) is 18.8 Å². The predicted octanol–water partition coefficient (Wildman–Crippen LogP) is 2.57. The summed E-state index contributed by atoms with van der Waals surface area (Å²) in [5.41, 5.74) is 1.73. The number of para-hydroxylation sites is 1. The van der Waals surface area contributed by atoms with E-state index in [9.17, 15) is 9.59 Å². The number of aromatic nitrogens is 1. The van der Waals surface area contributed by atoms with E-state index in [-0.39, 0.29) is 17.9 Å². The number of piperazine rings is 1. The Morgan fingerprint density at radius 3 is 2.31 bits per heavy atom. The largest absolute Gasteiger partial charge is 0.338 e. The molecule has 2 heterocycles. The first kappa shape index (κ1) is 20.8. The van der Waals surface area contributed by atoms with Gasteiger partial charge in [-0.2, -0.15) is 0 Å². The highest BCUT2D eigenvalue weighted by Crippen LogP contribution is 2.12.